The number of pyridine rings is 1. The number of alkyl halides is 1. The van der Waals surface area contributed by atoms with Gasteiger partial charge in [-0.1, -0.05) is 11.8 Å². The fourth-order valence-corrected chi connectivity index (χ4v) is 2.69. The molecule has 132 valence electrons. The number of aromatic nitrogens is 1. The van der Waals surface area contributed by atoms with Gasteiger partial charge in [0.1, 0.15) is 5.75 Å². The molecule has 1 aromatic heterocycles. The molecule has 0 saturated carbocycles. The standard InChI is InChI=1S/C19H21ClN2O2S/c1-19(2,3)22-17(23)18(25-4)24-15-7-8-16-14(11-15)10-13(12-21-16)6-5-9-20/h7-8,10-12,18H,9H2,1-4H3,(H,22,23). The number of benzene rings is 1. The van der Waals surface area contributed by atoms with Crippen molar-refractivity contribution in [1.82, 2.24) is 10.3 Å². The summed E-state index contributed by atoms with van der Waals surface area (Å²) in [4.78, 5) is 16.7. The molecule has 6 heteroatoms. The highest BCUT2D eigenvalue weighted by Crippen LogP contribution is 2.23. The summed E-state index contributed by atoms with van der Waals surface area (Å²) in [5, 5.41) is 3.83. The minimum Gasteiger partial charge on any atom is -0.470 e. The lowest BCUT2D eigenvalue weighted by molar-refractivity contribution is -0.125. The predicted molar refractivity (Wildman–Crippen MR) is 105 cm³/mol. The summed E-state index contributed by atoms with van der Waals surface area (Å²) in [6.07, 6.45) is 3.55. The average Bonchev–Trinajstić information content (AvgIpc) is 2.55. The number of ether oxygens (including phenoxy) is 1. The van der Waals surface area contributed by atoms with Gasteiger partial charge in [0.25, 0.3) is 5.91 Å². The van der Waals surface area contributed by atoms with Crippen LogP contribution in [0, 0.1) is 11.8 Å². The number of hydrogen-bond acceptors (Lipinski definition) is 4. The molecule has 1 atom stereocenters. The van der Waals surface area contributed by atoms with E-state index in [1.54, 1.807) is 6.20 Å². The molecule has 4 nitrogen and oxygen atoms in total. The van der Waals surface area contributed by atoms with Crippen LogP contribution in [0.25, 0.3) is 10.9 Å². The number of fused-ring (bicyclic) bond motifs is 1. The van der Waals surface area contributed by atoms with E-state index in [1.807, 2.05) is 51.3 Å². The van der Waals surface area contributed by atoms with Gasteiger partial charge in [-0.05, 0) is 51.3 Å². The van der Waals surface area contributed by atoms with Gasteiger partial charge in [-0.25, -0.2) is 0 Å². The first kappa shape index (κ1) is 19.4. The van der Waals surface area contributed by atoms with E-state index in [0.29, 0.717) is 5.75 Å². The zero-order valence-corrected chi connectivity index (χ0v) is 16.3. The zero-order valence-electron chi connectivity index (χ0n) is 14.7. The Morgan fingerprint density at radius 3 is 2.80 bits per heavy atom. The Morgan fingerprint density at radius 1 is 1.40 bits per heavy atom. The van der Waals surface area contributed by atoms with E-state index in [2.05, 4.69) is 22.1 Å². The Balaban J connectivity index is 2.23. The van der Waals surface area contributed by atoms with Crippen LogP contribution in [0.5, 0.6) is 5.75 Å². The normalized spacial score (nSPS) is 12.2. The molecule has 0 aliphatic carbocycles. The molecule has 0 aliphatic heterocycles. The molecule has 0 saturated heterocycles. The second-order valence-electron chi connectivity index (χ2n) is 6.44. The largest absolute Gasteiger partial charge is 0.470 e. The fraction of sp³-hybridized carbons (Fsp3) is 0.368. The van der Waals surface area contributed by atoms with Crippen molar-refractivity contribution in [3.05, 3.63) is 36.0 Å². The minimum absolute atomic E-state index is 0.153. The van der Waals surface area contributed by atoms with Crippen molar-refractivity contribution < 1.29 is 9.53 Å². The summed E-state index contributed by atoms with van der Waals surface area (Å²) in [5.41, 5.74) is 0.697. The van der Waals surface area contributed by atoms with Gasteiger partial charge < -0.3 is 10.1 Å². The molecule has 25 heavy (non-hydrogen) atoms. The van der Waals surface area contributed by atoms with Gasteiger partial charge in [0.2, 0.25) is 5.44 Å². The third-order valence-electron chi connectivity index (χ3n) is 3.12. The van der Waals surface area contributed by atoms with Crippen molar-refractivity contribution in [2.24, 2.45) is 0 Å². The minimum atomic E-state index is -0.621. The first-order valence-corrected chi connectivity index (χ1v) is 9.61. The maximum atomic E-state index is 12.3. The lowest BCUT2D eigenvalue weighted by Crippen LogP contribution is -2.46. The highest BCUT2D eigenvalue weighted by molar-refractivity contribution is 7.99. The highest BCUT2D eigenvalue weighted by Gasteiger charge is 2.23. The second kappa shape index (κ2) is 8.46. The summed E-state index contributed by atoms with van der Waals surface area (Å²) >= 11 is 6.94. The monoisotopic (exact) mass is 376 g/mol. The van der Waals surface area contributed by atoms with Crippen LogP contribution in [-0.2, 0) is 4.79 Å². The summed E-state index contributed by atoms with van der Waals surface area (Å²) in [6.45, 7) is 5.81. The third kappa shape index (κ3) is 5.84. The van der Waals surface area contributed by atoms with Crippen LogP contribution in [0.1, 0.15) is 26.3 Å². The number of halogens is 1. The molecular weight excluding hydrogens is 356 g/mol. The molecule has 1 unspecified atom stereocenters. The molecular formula is C19H21ClN2O2S. The molecule has 1 N–H and O–H groups in total. The molecule has 0 aliphatic rings. The Kier molecular flexibility index (Phi) is 6.57. The van der Waals surface area contributed by atoms with Crippen molar-refractivity contribution in [1.29, 1.82) is 0 Å². The first-order valence-electron chi connectivity index (χ1n) is 7.78. The lowest BCUT2D eigenvalue weighted by Gasteiger charge is -2.24. The third-order valence-corrected chi connectivity index (χ3v) is 3.99. The molecule has 1 heterocycles. The summed E-state index contributed by atoms with van der Waals surface area (Å²) in [6, 6.07) is 7.47. The van der Waals surface area contributed by atoms with Crippen molar-refractivity contribution in [3.63, 3.8) is 0 Å². The zero-order chi connectivity index (χ0) is 18.4. The van der Waals surface area contributed by atoms with Gasteiger partial charge in [0, 0.05) is 22.7 Å². The van der Waals surface area contributed by atoms with Gasteiger partial charge >= 0.3 is 0 Å². The van der Waals surface area contributed by atoms with Crippen LogP contribution in [0.3, 0.4) is 0 Å². The molecule has 1 amide bonds. The fourth-order valence-electron chi connectivity index (χ4n) is 2.15. The topological polar surface area (TPSA) is 51.2 Å². The molecule has 1 aromatic carbocycles. The number of thioether (sulfide) groups is 1. The van der Waals surface area contributed by atoms with Crippen LogP contribution in [-0.4, -0.2) is 34.0 Å². The van der Waals surface area contributed by atoms with E-state index in [1.165, 1.54) is 11.8 Å². The van der Waals surface area contributed by atoms with Crippen molar-refractivity contribution in [3.8, 4) is 17.6 Å². The van der Waals surface area contributed by atoms with Crippen molar-refractivity contribution in [2.75, 3.05) is 12.1 Å². The van der Waals surface area contributed by atoms with Crippen LogP contribution < -0.4 is 10.1 Å². The number of amides is 1. The Morgan fingerprint density at radius 2 is 2.16 bits per heavy atom. The number of rotatable bonds is 4. The van der Waals surface area contributed by atoms with Gasteiger partial charge in [-0.15, -0.1) is 23.4 Å². The van der Waals surface area contributed by atoms with Gasteiger partial charge in [-0.3, -0.25) is 9.78 Å². The van der Waals surface area contributed by atoms with E-state index in [0.717, 1.165) is 16.5 Å². The highest BCUT2D eigenvalue weighted by atomic mass is 35.5. The van der Waals surface area contributed by atoms with E-state index in [4.69, 9.17) is 16.3 Å². The van der Waals surface area contributed by atoms with E-state index >= 15 is 0 Å². The quantitative estimate of drug-likeness (QED) is 0.501. The van der Waals surface area contributed by atoms with Gasteiger partial charge in [-0.2, -0.15) is 0 Å². The second-order valence-corrected chi connectivity index (χ2v) is 7.61. The van der Waals surface area contributed by atoms with Crippen molar-refractivity contribution >= 4 is 40.2 Å². The van der Waals surface area contributed by atoms with Gasteiger partial charge in [0.15, 0.2) is 0 Å². The van der Waals surface area contributed by atoms with Crippen molar-refractivity contribution in [2.45, 2.75) is 31.7 Å². The average molecular weight is 377 g/mol. The molecule has 0 bridgehead atoms. The maximum absolute atomic E-state index is 12.3. The molecule has 2 aromatic rings. The van der Waals surface area contributed by atoms with E-state index < -0.39 is 5.44 Å². The number of carbonyl (C=O) groups is 1. The van der Waals surface area contributed by atoms with Crippen LogP contribution in [0.4, 0.5) is 0 Å². The van der Waals surface area contributed by atoms with E-state index in [-0.39, 0.29) is 17.3 Å². The number of nitrogens with zero attached hydrogens (tertiary/aromatic N) is 1. The van der Waals surface area contributed by atoms with Crippen LogP contribution in [0.2, 0.25) is 0 Å². The van der Waals surface area contributed by atoms with Crippen LogP contribution >= 0.6 is 23.4 Å². The first-order chi connectivity index (χ1) is 11.8. The predicted octanol–water partition coefficient (Wildman–Crippen LogP) is 3.81. The SMILES string of the molecule is CSC(Oc1ccc2ncc(C#CCCl)cc2c1)C(=O)NC(C)(C)C. The Bertz CT molecular complexity index is 822. The number of carbonyl (C=O) groups excluding carboxylic acids is 1. The summed E-state index contributed by atoms with van der Waals surface area (Å²) in [5.74, 6) is 6.49. The lowest BCUT2D eigenvalue weighted by atomic mass is 10.1. The molecule has 2 rings (SSSR count). The Labute approximate surface area is 157 Å². The summed E-state index contributed by atoms with van der Waals surface area (Å²) < 4.78 is 5.87. The number of hydrogen-bond donors (Lipinski definition) is 1. The Hall–Kier alpha value is -1.90. The molecule has 0 radical (unpaired) electrons. The maximum Gasteiger partial charge on any atom is 0.272 e. The molecule has 0 fully saturated rings. The van der Waals surface area contributed by atoms with Gasteiger partial charge in [0.05, 0.1) is 11.4 Å². The summed E-state index contributed by atoms with van der Waals surface area (Å²) in [7, 11) is 0. The smallest absolute Gasteiger partial charge is 0.272 e. The number of nitrogens with one attached hydrogen (secondary N) is 1. The molecule has 0 spiro atoms. The van der Waals surface area contributed by atoms with Crippen LogP contribution in [0.15, 0.2) is 30.5 Å². The van der Waals surface area contributed by atoms with E-state index in [9.17, 15) is 4.79 Å².